The van der Waals surface area contributed by atoms with Crippen LogP contribution in [0.15, 0.2) is 42.5 Å². The van der Waals surface area contributed by atoms with Gasteiger partial charge in [-0.25, -0.2) is 4.39 Å². The minimum atomic E-state index is -0.563. The maximum Gasteiger partial charge on any atom is 0.148 e. The zero-order chi connectivity index (χ0) is 13.8. The lowest BCUT2D eigenvalue weighted by Gasteiger charge is -2.10. The van der Waals surface area contributed by atoms with Crippen molar-refractivity contribution in [3.05, 3.63) is 64.4 Å². The Hall–Kier alpha value is -1.58. The maximum atomic E-state index is 13.7. The Labute approximate surface area is 116 Å². The summed E-state index contributed by atoms with van der Waals surface area (Å²) < 4.78 is 19.2. The molecule has 0 fully saturated rings. The molecule has 0 aromatic heterocycles. The van der Waals surface area contributed by atoms with Crippen molar-refractivity contribution in [3.63, 3.8) is 0 Å². The highest BCUT2D eigenvalue weighted by molar-refractivity contribution is 6.30. The van der Waals surface area contributed by atoms with Crippen molar-refractivity contribution in [1.29, 1.82) is 0 Å². The van der Waals surface area contributed by atoms with Gasteiger partial charge in [-0.2, -0.15) is 0 Å². The molecule has 2 rings (SSSR count). The number of hydrogen-bond acceptors (Lipinski definition) is 2. The van der Waals surface area contributed by atoms with Crippen LogP contribution in [0.3, 0.4) is 0 Å². The molecule has 0 heterocycles. The lowest BCUT2D eigenvalue weighted by molar-refractivity contribution is 0.198. The van der Waals surface area contributed by atoms with Gasteiger partial charge in [0.05, 0.1) is 11.1 Å². The smallest absolute Gasteiger partial charge is 0.148 e. The first-order valence-electron chi connectivity index (χ1n) is 5.91. The van der Waals surface area contributed by atoms with Crippen LogP contribution in [0.5, 0.6) is 5.75 Å². The molecule has 2 aromatic carbocycles. The molecule has 19 heavy (non-hydrogen) atoms. The van der Waals surface area contributed by atoms with Gasteiger partial charge < -0.3 is 9.84 Å². The predicted molar refractivity (Wildman–Crippen MR) is 72.8 cm³/mol. The molecule has 1 N–H and O–H groups in total. The van der Waals surface area contributed by atoms with E-state index < -0.39 is 11.9 Å². The topological polar surface area (TPSA) is 29.5 Å². The highest BCUT2D eigenvalue weighted by Crippen LogP contribution is 2.22. The van der Waals surface area contributed by atoms with E-state index in [4.69, 9.17) is 16.3 Å². The van der Waals surface area contributed by atoms with E-state index in [1.807, 2.05) is 0 Å². The normalized spacial score (nSPS) is 12.2. The molecule has 2 nitrogen and oxygen atoms in total. The van der Waals surface area contributed by atoms with E-state index in [1.165, 1.54) is 6.07 Å². The Balaban J connectivity index is 2.10. The second-order valence-corrected chi connectivity index (χ2v) is 4.66. The largest absolute Gasteiger partial charge is 0.489 e. The van der Waals surface area contributed by atoms with Crippen molar-refractivity contribution >= 4 is 11.6 Å². The van der Waals surface area contributed by atoms with E-state index in [2.05, 4.69) is 0 Å². The lowest BCUT2D eigenvalue weighted by Crippen LogP contribution is -2.00. The lowest BCUT2D eigenvalue weighted by atomic mass is 10.1. The molecule has 0 aliphatic rings. The highest BCUT2D eigenvalue weighted by Gasteiger charge is 2.07. The fraction of sp³-hybridized carbons (Fsp3) is 0.200. The quantitative estimate of drug-likeness (QED) is 0.913. The monoisotopic (exact) mass is 280 g/mol. The van der Waals surface area contributed by atoms with Gasteiger partial charge in [-0.05, 0) is 30.7 Å². The van der Waals surface area contributed by atoms with Crippen molar-refractivity contribution in [3.8, 4) is 5.75 Å². The first-order valence-corrected chi connectivity index (χ1v) is 6.29. The Morgan fingerprint density at radius 2 is 2.00 bits per heavy atom. The second-order valence-electron chi connectivity index (χ2n) is 4.25. The first kappa shape index (κ1) is 13.8. The van der Waals surface area contributed by atoms with E-state index in [0.29, 0.717) is 11.3 Å². The summed E-state index contributed by atoms with van der Waals surface area (Å²) in [6.07, 6.45) is -0.563. The summed E-state index contributed by atoms with van der Waals surface area (Å²) >= 11 is 5.70. The van der Waals surface area contributed by atoms with Gasteiger partial charge in [-0.1, -0.05) is 35.9 Å². The average Bonchev–Trinajstić information content (AvgIpc) is 2.41. The number of hydrogen-bond donors (Lipinski definition) is 1. The molecule has 0 saturated heterocycles. The van der Waals surface area contributed by atoms with Crippen LogP contribution in [0.1, 0.15) is 24.2 Å². The van der Waals surface area contributed by atoms with Gasteiger partial charge in [0, 0.05) is 5.56 Å². The molecule has 0 saturated carbocycles. The number of aliphatic hydroxyl groups is 1. The zero-order valence-corrected chi connectivity index (χ0v) is 11.2. The molecule has 1 atom stereocenters. The zero-order valence-electron chi connectivity index (χ0n) is 10.4. The minimum absolute atomic E-state index is 0.0823. The van der Waals surface area contributed by atoms with Gasteiger partial charge in [0.15, 0.2) is 0 Å². The molecular formula is C15H14ClFO2. The van der Waals surface area contributed by atoms with Gasteiger partial charge in [-0.15, -0.1) is 0 Å². The third-order valence-corrected chi connectivity index (χ3v) is 3.06. The molecule has 4 heteroatoms. The first-order chi connectivity index (χ1) is 9.08. The fourth-order valence-electron chi connectivity index (χ4n) is 1.69. The molecule has 100 valence electrons. The summed E-state index contributed by atoms with van der Waals surface area (Å²) in [5.74, 6) is 0.119. The fourth-order valence-corrected chi connectivity index (χ4v) is 1.88. The van der Waals surface area contributed by atoms with Crippen molar-refractivity contribution in [2.24, 2.45) is 0 Å². The molecule has 0 bridgehead atoms. The van der Waals surface area contributed by atoms with E-state index in [0.717, 1.165) is 5.56 Å². The standard InChI is InChI=1S/C15H14ClFO2/c1-10(18)11-4-2-6-13(8-11)19-9-12-5-3-7-14(16)15(12)17/h2-8,10,18H,9H2,1H3/t10-/m0/s1. The predicted octanol–water partition coefficient (Wildman–Crippen LogP) is 4.11. The van der Waals surface area contributed by atoms with Crippen molar-refractivity contribution in [1.82, 2.24) is 0 Å². The van der Waals surface area contributed by atoms with Gasteiger partial charge in [0.1, 0.15) is 18.2 Å². The van der Waals surface area contributed by atoms with Crippen LogP contribution in [0.4, 0.5) is 4.39 Å². The SMILES string of the molecule is C[C@H](O)c1cccc(OCc2cccc(Cl)c2F)c1. The molecule has 0 spiro atoms. The van der Waals surface area contributed by atoms with Gasteiger partial charge in [0.25, 0.3) is 0 Å². The number of benzene rings is 2. The highest BCUT2D eigenvalue weighted by atomic mass is 35.5. The third kappa shape index (κ3) is 3.46. The molecule has 0 unspecified atom stereocenters. The number of aliphatic hydroxyl groups excluding tert-OH is 1. The summed E-state index contributed by atoms with van der Waals surface area (Å²) in [6, 6.07) is 11.9. The van der Waals surface area contributed by atoms with Crippen molar-refractivity contribution < 1.29 is 14.2 Å². The van der Waals surface area contributed by atoms with Gasteiger partial charge in [-0.3, -0.25) is 0 Å². The summed E-state index contributed by atoms with van der Waals surface area (Å²) in [7, 11) is 0. The van der Waals surface area contributed by atoms with E-state index in [-0.39, 0.29) is 11.6 Å². The van der Waals surface area contributed by atoms with Crippen LogP contribution in [0.25, 0.3) is 0 Å². The van der Waals surface area contributed by atoms with Crippen LogP contribution in [-0.2, 0) is 6.61 Å². The van der Waals surface area contributed by atoms with Gasteiger partial charge >= 0.3 is 0 Å². The summed E-state index contributed by atoms with van der Waals surface area (Å²) in [5, 5.41) is 9.56. The molecular weight excluding hydrogens is 267 g/mol. The van der Waals surface area contributed by atoms with E-state index in [9.17, 15) is 9.50 Å². The van der Waals surface area contributed by atoms with Crippen molar-refractivity contribution in [2.75, 3.05) is 0 Å². The Morgan fingerprint density at radius 1 is 1.26 bits per heavy atom. The molecule has 2 aromatic rings. The number of ether oxygens (including phenoxy) is 1. The summed E-state index contributed by atoms with van der Waals surface area (Å²) in [6.45, 7) is 1.77. The van der Waals surface area contributed by atoms with Crippen LogP contribution in [-0.4, -0.2) is 5.11 Å². The molecule has 0 aliphatic carbocycles. The number of rotatable bonds is 4. The molecule has 0 amide bonds. The van der Waals surface area contributed by atoms with Crippen LogP contribution in [0, 0.1) is 5.82 Å². The minimum Gasteiger partial charge on any atom is -0.489 e. The van der Waals surface area contributed by atoms with Crippen LogP contribution < -0.4 is 4.74 Å². The van der Waals surface area contributed by atoms with Crippen LogP contribution in [0.2, 0.25) is 5.02 Å². The van der Waals surface area contributed by atoms with Gasteiger partial charge in [0.2, 0.25) is 0 Å². The van der Waals surface area contributed by atoms with E-state index >= 15 is 0 Å². The molecule has 0 radical (unpaired) electrons. The Bertz CT molecular complexity index is 570. The average molecular weight is 281 g/mol. The maximum absolute atomic E-state index is 13.7. The molecule has 0 aliphatic heterocycles. The third-order valence-electron chi connectivity index (χ3n) is 2.77. The van der Waals surface area contributed by atoms with Crippen molar-refractivity contribution in [2.45, 2.75) is 19.6 Å². The summed E-state index contributed by atoms with van der Waals surface area (Å²) in [4.78, 5) is 0. The Kier molecular flexibility index (Phi) is 4.40. The Morgan fingerprint density at radius 3 is 2.74 bits per heavy atom. The number of halogens is 2. The van der Waals surface area contributed by atoms with Crippen LogP contribution >= 0.6 is 11.6 Å². The second kappa shape index (κ2) is 6.04. The summed E-state index contributed by atoms with van der Waals surface area (Å²) in [5.41, 5.74) is 1.15. The van der Waals surface area contributed by atoms with E-state index in [1.54, 1.807) is 43.3 Å².